The molecule has 0 bridgehead atoms. The van der Waals surface area contributed by atoms with Gasteiger partial charge in [-0.15, -0.1) is 0 Å². The molecule has 1 aliphatic heterocycles. The molecule has 2 fully saturated rings. The average Bonchev–Trinajstić information content (AvgIpc) is 2.85. The van der Waals surface area contributed by atoms with Crippen molar-refractivity contribution in [1.29, 1.82) is 0 Å². The Morgan fingerprint density at radius 3 is 2.61 bits per heavy atom. The van der Waals surface area contributed by atoms with Gasteiger partial charge in [-0.25, -0.2) is 14.4 Å². The van der Waals surface area contributed by atoms with Crippen molar-refractivity contribution in [3.8, 4) is 11.5 Å². The largest absolute Gasteiger partial charge is 0.451 e. The first-order valence-corrected chi connectivity index (χ1v) is 13.1. The third-order valence-corrected chi connectivity index (χ3v) is 7.41. The summed E-state index contributed by atoms with van der Waals surface area (Å²) in [4.78, 5) is 25.6. The summed E-state index contributed by atoms with van der Waals surface area (Å²) in [6.45, 7) is 9.00. The minimum atomic E-state index is -0.480. The van der Waals surface area contributed by atoms with Crippen molar-refractivity contribution in [2.75, 3.05) is 38.1 Å². The van der Waals surface area contributed by atoms with Crippen LogP contribution in [0.1, 0.15) is 56.8 Å². The van der Waals surface area contributed by atoms with Gasteiger partial charge in [0.1, 0.15) is 17.9 Å². The van der Waals surface area contributed by atoms with Crippen LogP contribution < -0.4 is 20.3 Å². The van der Waals surface area contributed by atoms with Crippen LogP contribution in [0, 0.1) is 11.7 Å². The summed E-state index contributed by atoms with van der Waals surface area (Å²) in [5.41, 5.74) is 0.191. The Kier molecular flexibility index (Phi) is 8.74. The number of hydrogen-bond donors (Lipinski definition) is 2. The zero-order chi connectivity index (χ0) is 25.7. The van der Waals surface area contributed by atoms with Crippen LogP contribution in [0.15, 0.2) is 30.7 Å². The molecular formula is C27H39FN6O2. The van der Waals surface area contributed by atoms with Crippen LogP contribution in [0.5, 0.6) is 11.5 Å². The minimum absolute atomic E-state index is 0.0156. The van der Waals surface area contributed by atoms with Crippen molar-refractivity contribution in [3.63, 3.8) is 0 Å². The predicted octanol–water partition coefficient (Wildman–Crippen LogP) is 3.83. The summed E-state index contributed by atoms with van der Waals surface area (Å²) in [5, 5.41) is 7.11. The fourth-order valence-corrected chi connectivity index (χ4v) is 5.16. The third-order valence-electron chi connectivity index (χ3n) is 7.41. The summed E-state index contributed by atoms with van der Waals surface area (Å²) in [7, 11) is 2.05. The number of nitrogens with zero attached hydrogens (tertiary/aromatic N) is 4. The first-order chi connectivity index (χ1) is 17.4. The number of ether oxygens (including phenoxy) is 1. The van der Waals surface area contributed by atoms with Crippen LogP contribution in [0.25, 0.3) is 0 Å². The van der Waals surface area contributed by atoms with E-state index >= 15 is 0 Å². The van der Waals surface area contributed by atoms with Gasteiger partial charge in [0.2, 0.25) is 0 Å². The first-order valence-electron chi connectivity index (χ1n) is 13.1. The smallest absolute Gasteiger partial charge is 0.257 e. The summed E-state index contributed by atoms with van der Waals surface area (Å²) in [6.07, 6.45) is 8.14. The van der Waals surface area contributed by atoms with E-state index in [1.165, 1.54) is 50.2 Å². The number of hydrogen-bond acceptors (Lipinski definition) is 7. The molecule has 2 N–H and O–H groups in total. The highest BCUT2D eigenvalue weighted by atomic mass is 19.1. The molecule has 8 nitrogen and oxygen atoms in total. The molecule has 196 valence electrons. The molecular weight excluding hydrogens is 459 g/mol. The lowest BCUT2D eigenvalue weighted by molar-refractivity contribution is 0.0713. The van der Waals surface area contributed by atoms with Crippen LogP contribution in [0.2, 0.25) is 0 Å². The second kappa shape index (κ2) is 12.0. The van der Waals surface area contributed by atoms with Gasteiger partial charge < -0.3 is 25.2 Å². The first kappa shape index (κ1) is 26.3. The maximum absolute atomic E-state index is 14.1. The molecule has 0 spiro atoms. The Labute approximate surface area is 213 Å². The van der Waals surface area contributed by atoms with Gasteiger partial charge in [0.05, 0.1) is 11.8 Å². The summed E-state index contributed by atoms with van der Waals surface area (Å²) < 4.78 is 20.3. The van der Waals surface area contributed by atoms with E-state index in [4.69, 9.17) is 4.74 Å². The number of carbonyl (C=O) groups is 1. The second-order valence-corrected chi connectivity index (χ2v) is 10.2. The van der Waals surface area contributed by atoms with E-state index in [0.717, 1.165) is 25.6 Å². The zero-order valence-electron chi connectivity index (χ0n) is 21.8. The average molecular weight is 499 g/mol. The number of carbonyl (C=O) groups excluding carboxylic acids is 1. The number of benzene rings is 1. The monoisotopic (exact) mass is 498 g/mol. The van der Waals surface area contributed by atoms with E-state index in [1.807, 2.05) is 20.8 Å². The van der Waals surface area contributed by atoms with Crippen LogP contribution >= 0.6 is 0 Å². The van der Waals surface area contributed by atoms with Gasteiger partial charge in [-0.1, -0.05) is 0 Å². The van der Waals surface area contributed by atoms with Crippen molar-refractivity contribution in [2.24, 2.45) is 5.92 Å². The fourth-order valence-electron chi connectivity index (χ4n) is 5.16. The Morgan fingerprint density at radius 2 is 1.94 bits per heavy atom. The number of nitrogens with one attached hydrogen (secondary N) is 2. The summed E-state index contributed by atoms with van der Waals surface area (Å²) >= 11 is 0. The second-order valence-electron chi connectivity index (χ2n) is 10.2. The molecule has 1 amide bonds. The standard InChI is InChI=1S/C27H39FN6O2/c1-5-34(18(2)3)27(35)23-12-20(28)8-11-24(23)36-25-14-30-17-32-26(25)33-15-22(16-33)31-13-19-6-9-21(29-4)10-7-19/h8,11-12,14,17-19,21-22,29,31H,5-7,9-10,13,15-16H2,1-4H3. The zero-order valence-corrected chi connectivity index (χ0v) is 21.8. The highest BCUT2D eigenvalue weighted by Crippen LogP contribution is 2.34. The van der Waals surface area contributed by atoms with Gasteiger partial charge >= 0.3 is 0 Å². The molecule has 1 aliphatic carbocycles. The van der Waals surface area contributed by atoms with Crippen molar-refractivity contribution in [2.45, 2.75) is 64.6 Å². The normalized spacial score (nSPS) is 20.3. The highest BCUT2D eigenvalue weighted by Gasteiger charge is 2.31. The lowest BCUT2D eigenvalue weighted by Crippen LogP contribution is -2.59. The van der Waals surface area contributed by atoms with Gasteiger partial charge in [0, 0.05) is 37.8 Å². The van der Waals surface area contributed by atoms with E-state index in [9.17, 15) is 9.18 Å². The molecule has 4 rings (SSSR count). The van der Waals surface area contributed by atoms with E-state index < -0.39 is 5.82 Å². The van der Waals surface area contributed by atoms with E-state index in [-0.39, 0.29) is 17.5 Å². The number of rotatable bonds is 10. The van der Waals surface area contributed by atoms with Crippen molar-refractivity contribution in [3.05, 3.63) is 42.1 Å². The molecule has 0 atom stereocenters. The van der Waals surface area contributed by atoms with Crippen LogP contribution in [0.3, 0.4) is 0 Å². The molecule has 1 saturated carbocycles. The SMILES string of the molecule is CCN(C(=O)c1cc(F)ccc1Oc1cncnc1N1CC(NCC2CCC(NC)CC2)C1)C(C)C. The molecule has 9 heteroatoms. The number of halogens is 1. The van der Waals surface area contributed by atoms with Crippen LogP contribution in [-0.4, -0.2) is 72.1 Å². The van der Waals surface area contributed by atoms with Gasteiger partial charge in [0.15, 0.2) is 11.6 Å². The summed E-state index contributed by atoms with van der Waals surface area (Å²) in [5.74, 6) is 1.42. The van der Waals surface area contributed by atoms with Gasteiger partial charge in [-0.3, -0.25) is 4.79 Å². The van der Waals surface area contributed by atoms with E-state index in [0.29, 0.717) is 35.9 Å². The number of anilines is 1. The van der Waals surface area contributed by atoms with Crippen LogP contribution in [0.4, 0.5) is 10.2 Å². The predicted molar refractivity (Wildman–Crippen MR) is 139 cm³/mol. The lowest BCUT2D eigenvalue weighted by atomic mass is 9.86. The molecule has 1 saturated heterocycles. The Balaban J connectivity index is 1.40. The quantitative estimate of drug-likeness (QED) is 0.515. The molecule has 0 unspecified atom stereocenters. The number of aromatic nitrogens is 2. The van der Waals surface area contributed by atoms with Crippen molar-refractivity contribution >= 4 is 11.7 Å². The van der Waals surface area contributed by atoms with Crippen molar-refractivity contribution < 1.29 is 13.9 Å². The minimum Gasteiger partial charge on any atom is -0.451 e. The van der Waals surface area contributed by atoms with Gasteiger partial charge in [-0.2, -0.15) is 0 Å². The molecule has 2 heterocycles. The van der Waals surface area contributed by atoms with Crippen LogP contribution in [-0.2, 0) is 0 Å². The number of amides is 1. The summed E-state index contributed by atoms with van der Waals surface area (Å²) in [6, 6.07) is 5.09. The van der Waals surface area contributed by atoms with E-state index in [1.54, 1.807) is 11.1 Å². The molecule has 36 heavy (non-hydrogen) atoms. The third kappa shape index (κ3) is 6.13. The van der Waals surface area contributed by atoms with Gasteiger partial charge in [0.25, 0.3) is 5.91 Å². The molecule has 1 aromatic heterocycles. The van der Waals surface area contributed by atoms with E-state index in [2.05, 4.69) is 32.5 Å². The molecule has 0 radical (unpaired) electrons. The lowest BCUT2D eigenvalue weighted by Gasteiger charge is -2.42. The Bertz CT molecular complexity index is 1020. The highest BCUT2D eigenvalue weighted by molar-refractivity contribution is 5.97. The molecule has 2 aromatic rings. The maximum Gasteiger partial charge on any atom is 0.257 e. The van der Waals surface area contributed by atoms with Gasteiger partial charge in [-0.05, 0) is 84.2 Å². The Morgan fingerprint density at radius 1 is 1.19 bits per heavy atom. The molecule has 1 aromatic carbocycles. The van der Waals surface area contributed by atoms with Crippen molar-refractivity contribution in [1.82, 2.24) is 25.5 Å². The Hall–Kier alpha value is -2.78. The topological polar surface area (TPSA) is 82.6 Å². The maximum atomic E-state index is 14.1. The fraction of sp³-hybridized carbons (Fsp3) is 0.593. The molecule has 2 aliphatic rings.